The first-order valence-corrected chi connectivity index (χ1v) is 6.66. The van der Waals surface area contributed by atoms with E-state index in [-0.39, 0.29) is 17.7 Å². The smallest absolute Gasteiger partial charge is 0.221 e. The average molecular weight is 258 g/mol. The first kappa shape index (κ1) is 15.2. The van der Waals surface area contributed by atoms with Gasteiger partial charge < -0.3 is 5.32 Å². The Hall–Kier alpha value is -1.82. The van der Waals surface area contributed by atoms with Gasteiger partial charge in [0.15, 0.2) is 0 Å². The number of nitrogens with one attached hydrogen (secondary N) is 1. The number of amides is 1. The van der Waals surface area contributed by atoms with Crippen molar-refractivity contribution in [2.75, 3.05) is 6.54 Å². The molecule has 0 unspecified atom stereocenters. The first-order valence-electron chi connectivity index (χ1n) is 6.66. The monoisotopic (exact) mass is 258 g/mol. The summed E-state index contributed by atoms with van der Waals surface area (Å²) in [6.07, 6.45) is 1.40. The van der Waals surface area contributed by atoms with Crippen LogP contribution < -0.4 is 5.32 Å². The van der Waals surface area contributed by atoms with Gasteiger partial charge in [-0.3, -0.25) is 4.79 Å². The van der Waals surface area contributed by atoms with Gasteiger partial charge in [-0.15, -0.1) is 0 Å². The van der Waals surface area contributed by atoms with Crippen LogP contribution in [0.3, 0.4) is 0 Å². The minimum atomic E-state index is -0.0483. The second-order valence-electron chi connectivity index (χ2n) is 5.70. The van der Waals surface area contributed by atoms with Gasteiger partial charge in [0.25, 0.3) is 0 Å². The normalized spacial score (nSPS) is 10.8. The Morgan fingerprint density at radius 2 is 1.89 bits per heavy atom. The SMILES string of the molecule is CC(C)(C)c1ccc(CCNC(=O)CCC#N)cc1. The van der Waals surface area contributed by atoms with Gasteiger partial charge in [-0.25, -0.2) is 0 Å². The largest absolute Gasteiger partial charge is 0.356 e. The highest BCUT2D eigenvalue weighted by Crippen LogP contribution is 2.22. The van der Waals surface area contributed by atoms with E-state index in [0.29, 0.717) is 13.0 Å². The number of hydrogen-bond acceptors (Lipinski definition) is 2. The second kappa shape index (κ2) is 6.94. The number of nitriles is 1. The topological polar surface area (TPSA) is 52.9 Å². The van der Waals surface area contributed by atoms with Crippen LogP contribution in [0.5, 0.6) is 0 Å². The van der Waals surface area contributed by atoms with E-state index in [9.17, 15) is 4.79 Å². The van der Waals surface area contributed by atoms with Crippen molar-refractivity contribution in [1.82, 2.24) is 5.32 Å². The highest BCUT2D eigenvalue weighted by molar-refractivity contribution is 5.76. The zero-order valence-corrected chi connectivity index (χ0v) is 12.0. The molecule has 0 heterocycles. The summed E-state index contributed by atoms with van der Waals surface area (Å²) >= 11 is 0. The molecule has 1 rings (SSSR count). The highest BCUT2D eigenvalue weighted by atomic mass is 16.1. The number of carbonyl (C=O) groups excluding carboxylic acids is 1. The predicted octanol–water partition coefficient (Wildman–Crippen LogP) is 2.95. The van der Waals surface area contributed by atoms with E-state index in [1.807, 2.05) is 6.07 Å². The van der Waals surface area contributed by atoms with Crippen molar-refractivity contribution in [3.05, 3.63) is 35.4 Å². The number of carbonyl (C=O) groups is 1. The van der Waals surface area contributed by atoms with Gasteiger partial charge in [0.2, 0.25) is 5.91 Å². The van der Waals surface area contributed by atoms with Crippen LogP contribution in [0.15, 0.2) is 24.3 Å². The summed E-state index contributed by atoms with van der Waals surface area (Å²) in [4.78, 5) is 11.3. The minimum Gasteiger partial charge on any atom is -0.356 e. The maximum Gasteiger partial charge on any atom is 0.221 e. The molecule has 19 heavy (non-hydrogen) atoms. The third-order valence-corrected chi connectivity index (χ3v) is 3.02. The molecule has 0 aliphatic heterocycles. The van der Waals surface area contributed by atoms with Crippen LogP contribution in [-0.2, 0) is 16.6 Å². The van der Waals surface area contributed by atoms with Gasteiger partial charge in [-0.05, 0) is 23.0 Å². The van der Waals surface area contributed by atoms with E-state index in [0.717, 1.165) is 6.42 Å². The molecule has 0 bridgehead atoms. The van der Waals surface area contributed by atoms with Crippen molar-refractivity contribution in [2.45, 2.75) is 45.4 Å². The quantitative estimate of drug-likeness (QED) is 0.882. The Morgan fingerprint density at radius 1 is 1.26 bits per heavy atom. The van der Waals surface area contributed by atoms with Crippen LogP contribution >= 0.6 is 0 Å². The van der Waals surface area contributed by atoms with Crippen LogP contribution in [0.25, 0.3) is 0 Å². The number of benzene rings is 1. The third-order valence-electron chi connectivity index (χ3n) is 3.02. The Bertz CT molecular complexity index is 449. The van der Waals surface area contributed by atoms with Gasteiger partial charge >= 0.3 is 0 Å². The predicted molar refractivity (Wildman–Crippen MR) is 76.7 cm³/mol. The molecule has 3 nitrogen and oxygen atoms in total. The molecule has 0 spiro atoms. The molecule has 0 fully saturated rings. The van der Waals surface area contributed by atoms with Crippen molar-refractivity contribution in [2.24, 2.45) is 0 Å². The molecule has 0 aliphatic rings. The van der Waals surface area contributed by atoms with Crippen LogP contribution in [0.4, 0.5) is 0 Å². The first-order chi connectivity index (χ1) is 8.93. The fraction of sp³-hybridized carbons (Fsp3) is 0.500. The molecule has 0 aromatic heterocycles. The number of nitrogens with zero attached hydrogens (tertiary/aromatic N) is 1. The van der Waals surface area contributed by atoms with Gasteiger partial charge in [0.1, 0.15) is 0 Å². The lowest BCUT2D eigenvalue weighted by Crippen LogP contribution is -2.25. The van der Waals surface area contributed by atoms with Gasteiger partial charge in [0.05, 0.1) is 6.07 Å². The fourth-order valence-electron chi connectivity index (χ4n) is 1.78. The number of hydrogen-bond donors (Lipinski definition) is 1. The van der Waals surface area contributed by atoms with E-state index in [1.165, 1.54) is 11.1 Å². The molecule has 0 atom stereocenters. The second-order valence-corrected chi connectivity index (χ2v) is 5.70. The summed E-state index contributed by atoms with van der Waals surface area (Å²) < 4.78 is 0. The molecule has 1 aromatic rings. The summed E-state index contributed by atoms with van der Waals surface area (Å²) in [5.74, 6) is -0.0483. The minimum absolute atomic E-state index is 0.0483. The Morgan fingerprint density at radius 3 is 2.42 bits per heavy atom. The molecule has 1 amide bonds. The summed E-state index contributed by atoms with van der Waals surface area (Å²) in [5, 5.41) is 11.2. The molecule has 102 valence electrons. The standard InChI is InChI=1S/C16H22N2O/c1-16(2,3)14-8-6-13(7-9-14)10-12-18-15(19)5-4-11-17/h6-9H,4-5,10,12H2,1-3H3,(H,18,19). The molecule has 0 saturated heterocycles. The summed E-state index contributed by atoms with van der Waals surface area (Å²) in [7, 11) is 0. The number of rotatable bonds is 5. The molecule has 1 N–H and O–H groups in total. The Balaban J connectivity index is 2.39. The van der Waals surface area contributed by atoms with Crippen molar-refractivity contribution >= 4 is 5.91 Å². The molecule has 3 heteroatoms. The van der Waals surface area contributed by atoms with Gasteiger partial charge in [0, 0.05) is 19.4 Å². The highest BCUT2D eigenvalue weighted by Gasteiger charge is 2.12. The average Bonchev–Trinajstić information content (AvgIpc) is 2.36. The molecule has 1 aromatic carbocycles. The lowest BCUT2D eigenvalue weighted by molar-refractivity contribution is -0.120. The summed E-state index contributed by atoms with van der Waals surface area (Å²) in [5.41, 5.74) is 2.70. The summed E-state index contributed by atoms with van der Waals surface area (Å²) in [6.45, 7) is 7.20. The van der Waals surface area contributed by atoms with Crippen molar-refractivity contribution < 1.29 is 4.79 Å². The van der Waals surface area contributed by atoms with E-state index in [4.69, 9.17) is 5.26 Å². The Labute approximate surface area is 115 Å². The van der Waals surface area contributed by atoms with Crippen LogP contribution in [0, 0.1) is 11.3 Å². The van der Waals surface area contributed by atoms with Crippen molar-refractivity contribution in [3.63, 3.8) is 0 Å². The fourth-order valence-corrected chi connectivity index (χ4v) is 1.78. The zero-order valence-electron chi connectivity index (χ0n) is 12.0. The molecule has 0 radical (unpaired) electrons. The molecular formula is C16H22N2O. The van der Waals surface area contributed by atoms with Crippen LogP contribution in [0.2, 0.25) is 0 Å². The van der Waals surface area contributed by atoms with E-state index < -0.39 is 0 Å². The maximum absolute atomic E-state index is 11.3. The summed E-state index contributed by atoms with van der Waals surface area (Å²) in [6, 6.07) is 10.5. The zero-order chi connectivity index (χ0) is 14.3. The van der Waals surface area contributed by atoms with E-state index >= 15 is 0 Å². The Kier molecular flexibility index (Phi) is 5.57. The van der Waals surface area contributed by atoms with Gasteiger partial charge in [-0.2, -0.15) is 5.26 Å². The lowest BCUT2D eigenvalue weighted by Gasteiger charge is -2.19. The molecule has 0 aliphatic carbocycles. The van der Waals surface area contributed by atoms with E-state index in [2.05, 4.69) is 50.4 Å². The molecular weight excluding hydrogens is 236 g/mol. The van der Waals surface area contributed by atoms with Crippen LogP contribution in [-0.4, -0.2) is 12.5 Å². The lowest BCUT2D eigenvalue weighted by atomic mass is 9.86. The maximum atomic E-state index is 11.3. The third kappa shape index (κ3) is 5.56. The van der Waals surface area contributed by atoms with Crippen molar-refractivity contribution in [3.8, 4) is 6.07 Å². The molecule has 0 saturated carbocycles. The van der Waals surface area contributed by atoms with Gasteiger partial charge in [-0.1, -0.05) is 45.0 Å². The van der Waals surface area contributed by atoms with Crippen LogP contribution in [0.1, 0.15) is 44.7 Å². The van der Waals surface area contributed by atoms with Crippen molar-refractivity contribution in [1.29, 1.82) is 5.26 Å². The van der Waals surface area contributed by atoms with E-state index in [1.54, 1.807) is 0 Å².